The highest BCUT2D eigenvalue weighted by molar-refractivity contribution is 5.89. The molecule has 0 aromatic carbocycles. The van der Waals surface area contributed by atoms with Gasteiger partial charge in [-0.1, -0.05) is 0 Å². The van der Waals surface area contributed by atoms with Gasteiger partial charge in [-0.25, -0.2) is 0 Å². The highest BCUT2D eigenvalue weighted by Gasteiger charge is 2.13. The van der Waals surface area contributed by atoms with Crippen LogP contribution in [0.2, 0.25) is 0 Å². The van der Waals surface area contributed by atoms with Crippen molar-refractivity contribution in [3.05, 3.63) is 5.82 Å². The van der Waals surface area contributed by atoms with Crippen LogP contribution >= 0.6 is 0 Å². The molecule has 0 spiro atoms. The number of nitrogens with zero attached hydrogens (tertiary/aromatic N) is 4. The first kappa shape index (κ1) is 7.64. The smallest absolute Gasteiger partial charge is 0.295 e. The number of rotatable bonds is 2. The summed E-state index contributed by atoms with van der Waals surface area (Å²) in [6.07, 6.45) is 0. The lowest BCUT2D eigenvalue weighted by molar-refractivity contribution is 0.0790. The van der Waals surface area contributed by atoms with Crippen LogP contribution in [0.15, 0.2) is 0 Å². The monoisotopic (exact) mass is 155 g/mol. The molecule has 0 unspecified atom stereocenters. The Balaban J connectivity index is 2.70. The molecule has 6 heteroatoms. The quantitative estimate of drug-likeness (QED) is 0.612. The minimum Gasteiger partial charge on any atom is -0.339 e. The Bertz CT molecular complexity index is 231. The molecule has 1 aromatic rings. The van der Waals surface area contributed by atoms with E-state index in [2.05, 4.69) is 20.6 Å². The third-order valence-corrected chi connectivity index (χ3v) is 1.36. The van der Waals surface area contributed by atoms with Crippen molar-refractivity contribution in [2.75, 3.05) is 13.6 Å². The van der Waals surface area contributed by atoms with Crippen LogP contribution in [0, 0.1) is 0 Å². The maximum Gasteiger partial charge on any atom is 0.295 e. The number of carbonyl (C=O) groups is 1. The molecule has 1 rings (SSSR count). The molecule has 0 atom stereocenters. The van der Waals surface area contributed by atoms with Gasteiger partial charge in [-0.15, -0.1) is 10.2 Å². The van der Waals surface area contributed by atoms with Crippen LogP contribution in [-0.2, 0) is 0 Å². The van der Waals surface area contributed by atoms with Crippen molar-refractivity contribution in [1.82, 2.24) is 25.5 Å². The minimum atomic E-state index is -0.221. The van der Waals surface area contributed by atoms with Crippen molar-refractivity contribution < 1.29 is 4.79 Å². The number of tetrazole rings is 1. The van der Waals surface area contributed by atoms with E-state index in [1.54, 1.807) is 7.05 Å². The second-order valence-corrected chi connectivity index (χ2v) is 2.05. The third kappa shape index (κ3) is 1.51. The maximum atomic E-state index is 11.2. The molecule has 0 aliphatic rings. The zero-order valence-corrected chi connectivity index (χ0v) is 6.40. The Kier molecular flexibility index (Phi) is 2.15. The fourth-order valence-corrected chi connectivity index (χ4v) is 0.567. The lowest BCUT2D eigenvalue weighted by Crippen LogP contribution is -2.27. The van der Waals surface area contributed by atoms with Gasteiger partial charge in [-0.05, 0) is 12.1 Å². The molecule has 1 N–H and O–H groups in total. The molecule has 0 bridgehead atoms. The first-order chi connectivity index (χ1) is 5.25. The van der Waals surface area contributed by atoms with E-state index in [-0.39, 0.29) is 11.7 Å². The average molecular weight is 155 g/mol. The molecule has 60 valence electrons. The molecule has 0 radical (unpaired) electrons. The first-order valence-corrected chi connectivity index (χ1v) is 3.24. The molecule has 0 saturated carbocycles. The molecule has 0 saturated heterocycles. The number of carbonyl (C=O) groups excluding carboxylic acids is 1. The lowest BCUT2D eigenvalue weighted by atomic mass is 10.5. The van der Waals surface area contributed by atoms with Crippen molar-refractivity contribution in [1.29, 1.82) is 0 Å². The van der Waals surface area contributed by atoms with E-state index in [0.717, 1.165) is 0 Å². The second kappa shape index (κ2) is 3.09. The topological polar surface area (TPSA) is 74.8 Å². The van der Waals surface area contributed by atoms with Crippen LogP contribution in [-0.4, -0.2) is 45.0 Å². The number of hydrogen-bond donors (Lipinski definition) is 1. The molecule has 6 nitrogen and oxygen atoms in total. The largest absolute Gasteiger partial charge is 0.339 e. The van der Waals surface area contributed by atoms with E-state index in [9.17, 15) is 4.79 Å². The minimum absolute atomic E-state index is 0.106. The van der Waals surface area contributed by atoms with Crippen molar-refractivity contribution in [2.24, 2.45) is 0 Å². The van der Waals surface area contributed by atoms with E-state index < -0.39 is 0 Å². The summed E-state index contributed by atoms with van der Waals surface area (Å²) in [4.78, 5) is 12.7. The third-order valence-electron chi connectivity index (χ3n) is 1.36. The van der Waals surface area contributed by atoms with Crippen molar-refractivity contribution in [3.8, 4) is 0 Å². The Morgan fingerprint density at radius 2 is 2.45 bits per heavy atom. The average Bonchev–Trinajstić information content (AvgIpc) is 2.53. The lowest BCUT2D eigenvalue weighted by Gasteiger charge is -2.10. The van der Waals surface area contributed by atoms with Crippen LogP contribution in [0.1, 0.15) is 17.5 Å². The maximum absolute atomic E-state index is 11.2. The summed E-state index contributed by atoms with van der Waals surface area (Å²) in [5.74, 6) is -0.115. The zero-order chi connectivity index (χ0) is 8.27. The predicted octanol–water partition coefficient (Wildman–Crippen LogP) is -0.708. The van der Waals surface area contributed by atoms with Gasteiger partial charge < -0.3 is 4.90 Å². The van der Waals surface area contributed by atoms with Gasteiger partial charge in [0.05, 0.1) is 0 Å². The van der Waals surface area contributed by atoms with E-state index in [1.165, 1.54) is 4.90 Å². The van der Waals surface area contributed by atoms with Crippen molar-refractivity contribution >= 4 is 5.91 Å². The van der Waals surface area contributed by atoms with E-state index >= 15 is 0 Å². The molecular formula is C5H9N5O. The number of aromatic amines is 1. The molecule has 0 aliphatic heterocycles. The fourth-order valence-electron chi connectivity index (χ4n) is 0.567. The van der Waals surface area contributed by atoms with E-state index in [4.69, 9.17) is 0 Å². The summed E-state index contributed by atoms with van der Waals surface area (Å²) >= 11 is 0. The SMILES string of the molecule is CCN(C)C(=O)c1nn[nH]n1. The number of H-pyrrole nitrogens is 1. The van der Waals surface area contributed by atoms with Gasteiger partial charge in [0.1, 0.15) is 0 Å². The Labute approximate surface area is 63.6 Å². The van der Waals surface area contributed by atoms with Gasteiger partial charge in [0.2, 0.25) is 0 Å². The van der Waals surface area contributed by atoms with Crippen LogP contribution in [0.5, 0.6) is 0 Å². The second-order valence-electron chi connectivity index (χ2n) is 2.05. The molecule has 0 aliphatic carbocycles. The molecule has 1 aromatic heterocycles. The van der Waals surface area contributed by atoms with E-state index in [1.807, 2.05) is 6.92 Å². The normalized spacial score (nSPS) is 9.64. The summed E-state index contributed by atoms with van der Waals surface area (Å²) in [6, 6.07) is 0. The fraction of sp³-hybridized carbons (Fsp3) is 0.600. The highest BCUT2D eigenvalue weighted by Crippen LogP contribution is 1.91. The van der Waals surface area contributed by atoms with Gasteiger partial charge >= 0.3 is 0 Å². The van der Waals surface area contributed by atoms with Crippen LogP contribution < -0.4 is 0 Å². The van der Waals surface area contributed by atoms with Gasteiger partial charge in [0, 0.05) is 13.6 Å². The summed E-state index contributed by atoms with van der Waals surface area (Å²) < 4.78 is 0. The standard InChI is InChI=1S/C5H9N5O/c1-3-10(2)5(11)4-6-8-9-7-4/h3H2,1-2H3,(H,6,7,8,9). The Morgan fingerprint density at radius 3 is 2.91 bits per heavy atom. The summed E-state index contributed by atoms with van der Waals surface area (Å²) in [7, 11) is 1.68. The van der Waals surface area contributed by atoms with Crippen LogP contribution in [0.3, 0.4) is 0 Å². The number of hydrogen-bond acceptors (Lipinski definition) is 4. The Morgan fingerprint density at radius 1 is 1.73 bits per heavy atom. The molecule has 1 heterocycles. The molecule has 1 amide bonds. The van der Waals surface area contributed by atoms with Gasteiger partial charge in [-0.3, -0.25) is 4.79 Å². The predicted molar refractivity (Wildman–Crippen MR) is 36.8 cm³/mol. The van der Waals surface area contributed by atoms with Gasteiger partial charge in [0.25, 0.3) is 11.7 Å². The summed E-state index contributed by atoms with van der Waals surface area (Å²) in [5.41, 5.74) is 0. The zero-order valence-electron chi connectivity index (χ0n) is 6.40. The first-order valence-electron chi connectivity index (χ1n) is 3.24. The number of nitrogens with one attached hydrogen (secondary N) is 1. The highest BCUT2D eigenvalue weighted by atomic mass is 16.2. The molecule has 11 heavy (non-hydrogen) atoms. The van der Waals surface area contributed by atoms with Gasteiger partial charge in [0.15, 0.2) is 0 Å². The molecule has 0 fully saturated rings. The summed E-state index contributed by atoms with van der Waals surface area (Å²) in [5, 5.41) is 12.6. The summed E-state index contributed by atoms with van der Waals surface area (Å²) in [6.45, 7) is 2.51. The number of amides is 1. The van der Waals surface area contributed by atoms with Crippen molar-refractivity contribution in [3.63, 3.8) is 0 Å². The van der Waals surface area contributed by atoms with Crippen LogP contribution in [0.4, 0.5) is 0 Å². The van der Waals surface area contributed by atoms with Gasteiger partial charge in [-0.2, -0.15) is 5.21 Å². The van der Waals surface area contributed by atoms with Crippen LogP contribution in [0.25, 0.3) is 0 Å². The van der Waals surface area contributed by atoms with Crippen molar-refractivity contribution in [2.45, 2.75) is 6.92 Å². The number of aromatic nitrogens is 4. The molecular weight excluding hydrogens is 146 g/mol. The van der Waals surface area contributed by atoms with E-state index in [0.29, 0.717) is 6.54 Å². The Hall–Kier alpha value is -1.46.